The fourth-order valence-electron chi connectivity index (χ4n) is 2.33. The quantitative estimate of drug-likeness (QED) is 0.642. The Labute approximate surface area is 142 Å². The van der Waals surface area contributed by atoms with Crippen molar-refractivity contribution in [3.63, 3.8) is 0 Å². The highest BCUT2D eigenvalue weighted by Crippen LogP contribution is 2.45. The van der Waals surface area contributed by atoms with E-state index in [0.717, 1.165) is 12.8 Å². The standard InChI is InChI=1S/C18H25NO5/c1-3-5-10-24-14-7-6-13(11-15(14)23-4-2)16(20)19-12-18(8-9-18)17(21)22/h6-7,11H,3-5,8-10,12H2,1-2H3,(H,19,20)(H,21,22). The summed E-state index contributed by atoms with van der Waals surface area (Å²) in [5.41, 5.74) is -0.343. The van der Waals surface area contributed by atoms with Crippen molar-refractivity contribution < 1.29 is 24.2 Å². The number of carbonyl (C=O) groups excluding carboxylic acids is 1. The van der Waals surface area contributed by atoms with E-state index >= 15 is 0 Å². The zero-order valence-electron chi connectivity index (χ0n) is 14.3. The normalized spacial score (nSPS) is 14.8. The molecule has 1 aliphatic carbocycles. The molecule has 0 aliphatic heterocycles. The van der Waals surface area contributed by atoms with E-state index in [0.29, 0.717) is 43.1 Å². The fourth-order valence-corrected chi connectivity index (χ4v) is 2.33. The number of hydrogen-bond acceptors (Lipinski definition) is 4. The monoisotopic (exact) mass is 335 g/mol. The number of carboxylic acid groups (broad SMARTS) is 1. The number of unbranched alkanes of at least 4 members (excludes halogenated alkanes) is 1. The number of carbonyl (C=O) groups is 2. The number of rotatable bonds is 10. The zero-order valence-corrected chi connectivity index (χ0v) is 14.3. The van der Waals surface area contributed by atoms with Crippen LogP contribution in [0, 0.1) is 5.41 Å². The molecule has 1 aromatic carbocycles. The summed E-state index contributed by atoms with van der Waals surface area (Å²) in [4.78, 5) is 23.4. The number of carboxylic acids is 1. The molecule has 1 aromatic rings. The molecule has 0 heterocycles. The van der Waals surface area contributed by atoms with Gasteiger partial charge in [0.2, 0.25) is 0 Å². The summed E-state index contributed by atoms with van der Waals surface area (Å²) >= 11 is 0. The van der Waals surface area contributed by atoms with Crippen LogP contribution in [0.25, 0.3) is 0 Å². The summed E-state index contributed by atoms with van der Waals surface area (Å²) in [6.07, 6.45) is 3.20. The maximum Gasteiger partial charge on any atom is 0.311 e. The largest absolute Gasteiger partial charge is 0.490 e. The summed E-state index contributed by atoms with van der Waals surface area (Å²) in [5.74, 6) is -0.00673. The third kappa shape index (κ3) is 4.40. The van der Waals surface area contributed by atoms with Gasteiger partial charge in [-0.1, -0.05) is 13.3 Å². The van der Waals surface area contributed by atoms with Gasteiger partial charge in [-0.2, -0.15) is 0 Å². The first kappa shape index (κ1) is 18.1. The average Bonchev–Trinajstić information content (AvgIpc) is 3.36. The van der Waals surface area contributed by atoms with Gasteiger partial charge in [-0.15, -0.1) is 0 Å². The predicted molar refractivity (Wildman–Crippen MR) is 89.7 cm³/mol. The van der Waals surface area contributed by atoms with Gasteiger partial charge >= 0.3 is 5.97 Å². The van der Waals surface area contributed by atoms with E-state index in [4.69, 9.17) is 14.6 Å². The molecule has 6 heteroatoms. The van der Waals surface area contributed by atoms with Crippen LogP contribution in [-0.4, -0.2) is 36.7 Å². The molecule has 1 aliphatic rings. The minimum Gasteiger partial charge on any atom is -0.490 e. The molecule has 6 nitrogen and oxygen atoms in total. The molecule has 0 atom stereocenters. The molecule has 0 radical (unpaired) electrons. The predicted octanol–water partition coefficient (Wildman–Crippen LogP) is 2.86. The van der Waals surface area contributed by atoms with Crippen LogP contribution in [-0.2, 0) is 4.79 Å². The first-order valence-corrected chi connectivity index (χ1v) is 8.43. The third-order valence-corrected chi connectivity index (χ3v) is 4.16. The fraction of sp³-hybridized carbons (Fsp3) is 0.556. The van der Waals surface area contributed by atoms with Crippen molar-refractivity contribution in [1.82, 2.24) is 5.32 Å². The van der Waals surface area contributed by atoms with Gasteiger partial charge in [0.05, 0.1) is 18.6 Å². The van der Waals surface area contributed by atoms with Crippen LogP contribution in [0.3, 0.4) is 0 Å². The Kier molecular flexibility index (Phi) is 6.06. The number of benzene rings is 1. The highest BCUT2D eigenvalue weighted by Gasteiger charge is 2.50. The lowest BCUT2D eigenvalue weighted by Gasteiger charge is -2.14. The first-order chi connectivity index (χ1) is 11.5. The maximum atomic E-state index is 12.3. The van der Waals surface area contributed by atoms with Crippen LogP contribution >= 0.6 is 0 Å². The van der Waals surface area contributed by atoms with Gasteiger partial charge in [0, 0.05) is 12.1 Å². The molecule has 0 saturated heterocycles. The van der Waals surface area contributed by atoms with Crippen LogP contribution < -0.4 is 14.8 Å². The van der Waals surface area contributed by atoms with Crippen LogP contribution in [0.1, 0.15) is 49.9 Å². The van der Waals surface area contributed by atoms with Gasteiger partial charge in [0.25, 0.3) is 5.91 Å². The van der Waals surface area contributed by atoms with Crippen molar-refractivity contribution in [3.8, 4) is 11.5 Å². The van der Waals surface area contributed by atoms with Gasteiger partial charge in [-0.25, -0.2) is 0 Å². The SMILES string of the molecule is CCCCOc1ccc(C(=O)NCC2(C(=O)O)CC2)cc1OCC. The van der Waals surface area contributed by atoms with E-state index in [2.05, 4.69) is 12.2 Å². The van der Waals surface area contributed by atoms with Crippen molar-refractivity contribution in [2.45, 2.75) is 39.5 Å². The van der Waals surface area contributed by atoms with E-state index in [1.165, 1.54) is 0 Å². The Morgan fingerprint density at radius 3 is 2.54 bits per heavy atom. The maximum absolute atomic E-state index is 12.3. The molecule has 132 valence electrons. The molecule has 1 amide bonds. The zero-order chi connectivity index (χ0) is 17.6. The molecule has 0 bridgehead atoms. The van der Waals surface area contributed by atoms with Gasteiger partial charge in [0.15, 0.2) is 11.5 Å². The number of amides is 1. The van der Waals surface area contributed by atoms with Crippen molar-refractivity contribution in [3.05, 3.63) is 23.8 Å². The van der Waals surface area contributed by atoms with Crippen molar-refractivity contribution in [2.24, 2.45) is 5.41 Å². The van der Waals surface area contributed by atoms with Crippen LogP contribution in [0.15, 0.2) is 18.2 Å². The molecule has 1 fully saturated rings. The van der Waals surface area contributed by atoms with Crippen LogP contribution in [0.4, 0.5) is 0 Å². The van der Waals surface area contributed by atoms with Crippen LogP contribution in [0.2, 0.25) is 0 Å². The van der Waals surface area contributed by atoms with E-state index in [9.17, 15) is 9.59 Å². The van der Waals surface area contributed by atoms with Crippen molar-refractivity contribution in [2.75, 3.05) is 19.8 Å². The van der Waals surface area contributed by atoms with Gasteiger partial charge in [-0.05, 0) is 44.4 Å². The molecule has 24 heavy (non-hydrogen) atoms. The number of ether oxygens (including phenoxy) is 2. The van der Waals surface area contributed by atoms with E-state index in [1.54, 1.807) is 18.2 Å². The summed E-state index contributed by atoms with van der Waals surface area (Å²) in [7, 11) is 0. The number of hydrogen-bond donors (Lipinski definition) is 2. The molecule has 1 saturated carbocycles. The Morgan fingerprint density at radius 1 is 1.21 bits per heavy atom. The lowest BCUT2D eigenvalue weighted by molar-refractivity contribution is -0.143. The number of aliphatic carboxylic acids is 1. The smallest absolute Gasteiger partial charge is 0.311 e. The van der Waals surface area contributed by atoms with Gasteiger partial charge < -0.3 is 19.9 Å². The second-order valence-electron chi connectivity index (χ2n) is 6.06. The summed E-state index contributed by atoms with van der Waals surface area (Å²) in [6.45, 7) is 5.18. The second-order valence-corrected chi connectivity index (χ2v) is 6.06. The topological polar surface area (TPSA) is 84.9 Å². The molecule has 2 N–H and O–H groups in total. The molecule has 0 aromatic heterocycles. The third-order valence-electron chi connectivity index (χ3n) is 4.16. The second kappa shape index (κ2) is 8.04. The Bertz CT molecular complexity index is 595. The van der Waals surface area contributed by atoms with Crippen molar-refractivity contribution >= 4 is 11.9 Å². The van der Waals surface area contributed by atoms with Crippen molar-refractivity contribution in [1.29, 1.82) is 0 Å². The average molecular weight is 335 g/mol. The van der Waals surface area contributed by atoms with Gasteiger partial charge in [-0.3, -0.25) is 9.59 Å². The molecular formula is C18H25NO5. The lowest BCUT2D eigenvalue weighted by Crippen LogP contribution is -2.34. The summed E-state index contributed by atoms with van der Waals surface area (Å²) < 4.78 is 11.2. The minimum absolute atomic E-state index is 0.153. The Hall–Kier alpha value is -2.24. The Morgan fingerprint density at radius 2 is 1.96 bits per heavy atom. The highest BCUT2D eigenvalue weighted by molar-refractivity contribution is 5.95. The number of nitrogens with one attached hydrogen (secondary N) is 1. The van der Waals surface area contributed by atoms with E-state index < -0.39 is 11.4 Å². The Balaban J connectivity index is 2.02. The van der Waals surface area contributed by atoms with E-state index in [1.807, 2.05) is 6.92 Å². The van der Waals surface area contributed by atoms with E-state index in [-0.39, 0.29) is 12.5 Å². The summed E-state index contributed by atoms with van der Waals surface area (Å²) in [5, 5.41) is 11.9. The molecule has 2 rings (SSSR count). The first-order valence-electron chi connectivity index (χ1n) is 8.43. The molecule has 0 unspecified atom stereocenters. The molecular weight excluding hydrogens is 310 g/mol. The minimum atomic E-state index is -0.850. The summed E-state index contributed by atoms with van der Waals surface area (Å²) in [6, 6.07) is 5.03. The lowest BCUT2D eigenvalue weighted by atomic mass is 10.1. The van der Waals surface area contributed by atoms with Gasteiger partial charge in [0.1, 0.15) is 0 Å². The van der Waals surface area contributed by atoms with Crippen LogP contribution in [0.5, 0.6) is 11.5 Å². The molecule has 0 spiro atoms. The highest BCUT2D eigenvalue weighted by atomic mass is 16.5.